The number of thiophene rings is 1. The van der Waals surface area contributed by atoms with Gasteiger partial charge in [0.2, 0.25) is 0 Å². The summed E-state index contributed by atoms with van der Waals surface area (Å²) in [7, 11) is -1.45. The average Bonchev–Trinajstić information content (AvgIpc) is 2.58. The predicted molar refractivity (Wildman–Crippen MR) is 63.6 cm³/mol. The van der Waals surface area contributed by atoms with Crippen molar-refractivity contribution in [3.8, 4) is 0 Å². The molecule has 0 spiro atoms. The molecule has 0 aliphatic heterocycles. The number of hydrogen-bond acceptors (Lipinski definition) is 4. The Hall–Kier alpha value is -0.485. The molecule has 0 unspecified atom stereocenters. The van der Waals surface area contributed by atoms with Gasteiger partial charge in [-0.15, -0.1) is 24.0 Å². The van der Waals surface area contributed by atoms with Gasteiger partial charge in [0, 0.05) is 9.60 Å². The highest BCUT2D eigenvalue weighted by Gasteiger charge is 2.17. The van der Waals surface area contributed by atoms with E-state index in [0.717, 1.165) is 15.6 Å². The first-order chi connectivity index (χ1) is 6.61. The van der Waals surface area contributed by atoms with E-state index in [9.17, 15) is 0 Å². The maximum atomic E-state index is 9.14. The fraction of sp³-hybridized carbons (Fsp3) is 0.111. The van der Waals surface area contributed by atoms with Crippen LogP contribution in [0.15, 0.2) is 22.4 Å². The lowest BCUT2D eigenvalue weighted by molar-refractivity contribution is 0.425. The molecule has 72 valence electrons. The van der Waals surface area contributed by atoms with Gasteiger partial charge in [-0.1, -0.05) is 6.07 Å². The van der Waals surface area contributed by atoms with Gasteiger partial charge in [0.15, 0.2) is 0 Å². The van der Waals surface area contributed by atoms with Crippen LogP contribution in [0.1, 0.15) is 5.56 Å². The minimum Gasteiger partial charge on any atom is -0.423 e. The van der Waals surface area contributed by atoms with Crippen LogP contribution in [-0.2, 0) is 0 Å². The van der Waals surface area contributed by atoms with Crippen molar-refractivity contribution in [2.75, 3.05) is 0 Å². The van der Waals surface area contributed by atoms with Crippen LogP contribution in [0.5, 0.6) is 0 Å². The summed E-state index contributed by atoms with van der Waals surface area (Å²) < 4.78 is 1.15. The standard InChI is InChI=1S/C9H9BO2S2/c1-5-8(13)7(10(11)12)4-6-2-3-14-9(5)6/h2-4,11-13H,1H3. The molecule has 1 aromatic carbocycles. The summed E-state index contributed by atoms with van der Waals surface area (Å²) in [5, 5.41) is 21.3. The molecule has 1 aromatic heterocycles. The molecule has 2 aromatic rings. The van der Waals surface area contributed by atoms with Crippen molar-refractivity contribution in [2.24, 2.45) is 0 Å². The highest BCUT2D eigenvalue weighted by atomic mass is 32.1. The number of thiol groups is 1. The van der Waals surface area contributed by atoms with Gasteiger partial charge in [-0.25, -0.2) is 0 Å². The smallest absolute Gasteiger partial charge is 0.423 e. The van der Waals surface area contributed by atoms with Crippen molar-refractivity contribution in [3.05, 3.63) is 23.1 Å². The molecule has 2 N–H and O–H groups in total. The molecule has 2 rings (SSSR count). The number of fused-ring (bicyclic) bond motifs is 1. The Labute approximate surface area is 91.8 Å². The second-order valence-corrected chi connectivity index (χ2v) is 4.52. The monoisotopic (exact) mass is 224 g/mol. The van der Waals surface area contributed by atoms with Gasteiger partial charge in [0.1, 0.15) is 0 Å². The summed E-state index contributed by atoms with van der Waals surface area (Å²) in [5.41, 5.74) is 1.47. The zero-order valence-electron chi connectivity index (χ0n) is 7.56. The number of hydrogen-bond donors (Lipinski definition) is 3. The Morgan fingerprint density at radius 2 is 2.14 bits per heavy atom. The summed E-state index contributed by atoms with van der Waals surface area (Å²) >= 11 is 5.92. The van der Waals surface area contributed by atoms with E-state index in [0.29, 0.717) is 10.4 Å². The van der Waals surface area contributed by atoms with Crippen molar-refractivity contribution < 1.29 is 10.0 Å². The molecule has 0 radical (unpaired) electrons. The fourth-order valence-corrected chi connectivity index (χ4v) is 2.75. The molecule has 0 bridgehead atoms. The molecule has 14 heavy (non-hydrogen) atoms. The molecular weight excluding hydrogens is 215 g/mol. The lowest BCUT2D eigenvalue weighted by Crippen LogP contribution is -2.31. The summed E-state index contributed by atoms with van der Waals surface area (Å²) in [4.78, 5) is 0.662. The van der Waals surface area contributed by atoms with Crippen molar-refractivity contribution in [3.63, 3.8) is 0 Å². The van der Waals surface area contributed by atoms with E-state index < -0.39 is 7.12 Å². The van der Waals surface area contributed by atoms with E-state index in [4.69, 9.17) is 10.0 Å². The topological polar surface area (TPSA) is 40.5 Å². The molecule has 5 heteroatoms. The maximum absolute atomic E-state index is 9.14. The van der Waals surface area contributed by atoms with Crippen LogP contribution in [0, 0.1) is 6.92 Å². The van der Waals surface area contributed by atoms with Crippen LogP contribution in [0.2, 0.25) is 0 Å². The van der Waals surface area contributed by atoms with Gasteiger partial charge in [-0.3, -0.25) is 0 Å². The molecular formula is C9H9BO2S2. The van der Waals surface area contributed by atoms with Crippen molar-refractivity contribution in [1.82, 2.24) is 0 Å². The van der Waals surface area contributed by atoms with Gasteiger partial charge in [0.05, 0.1) is 0 Å². The molecule has 1 heterocycles. The third-order valence-electron chi connectivity index (χ3n) is 2.25. The molecule has 0 saturated heterocycles. The maximum Gasteiger partial charge on any atom is 0.489 e. The Balaban J connectivity index is 2.80. The highest BCUT2D eigenvalue weighted by molar-refractivity contribution is 7.80. The molecule has 0 fully saturated rings. The summed E-state index contributed by atoms with van der Waals surface area (Å²) in [6.07, 6.45) is 0. The zero-order valence-corrected chi connectivity index (χ0v) is 9.27. The summed E-state index contributed by atoms with van der Waals surface area (Å²) in [6, 6.07) is 3.73. The first-order valence-corrected chi connectivity index (χ1v) is 5.49. The van der Waals surface area contributed by atoms with Crippen molar-refractivity contribution >= 4 is 46.6 Å². The van der Waals surface area contributed by atoms with E-state index in [1.165, 1.54) is 0 Å². The normalized spacial score (nSPS) is 10.9. The second-order valence-electron chi connectivity index (χ2n) is 3.15. The van der Waals surface area contributed by atoms with E-state index >= 15 is 0 Å². The molecule has 0 aliphatic carbocycles. The van der Waals surface area contributed by atoms with Crippen LogP contribution in [0.25, 0.3) is 10.1 Å². The number of aryl methyl sites for hydroxylation is 1. The van der Waals surface area contributed by atoms with Crippen LogP contribution < -0.4 is 5.46 Å². The van der Waals surface area contributed by atoms with Crippen LogP contribution in [0.4, 0.5) is 0 Å². The Morgan fingerprint density at radius 1 is 1.43 bits per heavy atom. The number of rotatable bonds is 1. The summed E-state index contributed by atoms with van der Waals surface area (Å²) in [5.74, 6) is 0. The first-order valence-electron chi connectivity index (χ1n) is 4.17. The molecule has 0 atom stereocenters. The van der Waals surface area contributed by atoms with Gasteiger partial charge >= 0.3 is 7.12 Å². The van der Waals surface area contributed by atoms with E-state index in [1.807, 2.05) is 18.4 Å². The first kappa shape index (κ1) is 10.0. The van der Waals surface area contributed by atoms with Crippen LogP contribution >= 0.6 is 24.0 Å². The molecule has 0 aliphatic rings. The largest absolute Gasteiger partial charge is 0.489 e. The van der Waals surface area contributed by atoms with Crippen LogP contribution in [0.3, 0.4) is 0 Å². The summed E-state index contributed by atoms with van der Waals surface area (Å²) in [6.45, 7) is 1.94. The zero-order chi connectivity index (χ0) is 10.3. The Bertz CT molecular complexity index is 479. The third kappa shape index (κ3) is 1.46. The van der Waals surface area contributed by atoms with Crippen molar-refractivity contribution in [2.45, 2.75) is 11.8 Å². The SMILES string of the molecule is Cc1c(S)c(B(O)O)cc2ccsc12. The average molecular weight is 224 g/mol. The van der Waals surface area contributed by atoms with Gasteiger partial charge in [-0.2, -0.15) is 0 Å². The number of benzene rings is 1. The van der Waals surface area contributed by atoms with E-state index in [-0.39, 0.29) is 0 Å². The minimum absolute atomic E-state index is 0.469. The molecule has 2 nitrogen and oxygen atoms in total. The lowest BCUT2D eigenvalue weighted by Gasteiger charge is -2.07. The minimum atomic E-state index is -1.45. The predicted octanol–water partition coefficient (Wildman–Crippen LogP) is 1.18. The van der Waals surface area contributed by atoms with E-state index in [2.05, 4.69) is 12.6 Å². The third-order valence-corrected chi connectivity index (χ3v) is 3.90. The van der Waals surface area contributed by atoms with Crippen LogP contribution in [-0.4, -0.2) is 17.2 Å². The van der Waals surface area contributed by atoms with Gasteiger partial charge in [0.25, 0.3) is 0 Å². The fourth-order valence-electron chi connectivity index (χ4n) is 1.49. The Kier molecular flexibility index (Phi) is 2.57. The van der Waals surface area contributed by atoms with Crippen molar-refractivity contribution in [1.29, 1.82) is 0 Å². The molecule has 0 amide bonds. The second kappa shape index (κ2) is 3.58. The van der Waals surface area contributed by atoms with E-state index in [1.54, 1.807) is 17.4 Å². The lowest BCUT2D eigenvalue weighted by atomic mass is 9.79. The van der Waals surface area contributed by atoms with Gasteiger partial charge in [-0.05, 0) is 34.8 Å². The van der Waals surface area contributed by atoms with Gasteiger partial charge < -0.3 is 10.0 Å². The quantitative estimate of drug-likeness (QED) is 0.502. The molecule has 0 saturated carbocycles. The Morgan fingerprint density at radius 3 is 2.79 bits per heavy atom. The highest BCUT2D eigenvalue weighted by Crippen LogP contribution is 2.27.